The van der Waals surface area contributed by atoms with Crippen molar-refractivity contribution in [2.45, 2.75) is 6.42 Å². The van der Waals surface area contributed by atoms with E-state index in [1.54, 1.807) is 24.5 Å². The molecule has 3 heterocycles. The van der Waals surface area contributed by atoms with Crippen molar-refractivity contribution >= 4 is 26.7 Å². The highest BCUT2D eigenvalue weighted by Gasteiger charge is 2.21. The highest BCUT2D eigenvalue weighted by molar-refractivity contribution is 7.92. The van der Waals surface area contributed by atoms with Gasteiger partial charge in [-0.25, -0.2) is 8.42 Å². The minimum atomic E-state index is -3.55. The number of aryl methyl sites for hydroxylation is 1. The third kappa shape index (κ3) is 2.98. The van der Waals surface area contributed by atoms with Gasteiger partial charge in [-0.3, -0.25) is 14.1 Å². The Balaban J connectivity index is 1.88. The van der Waals surface area contributed by atoms with Gasteiger partial charge in [-0.05, 0) is 24.1 Å². The zero-order chi connectivity index (χ0) is 16.4. The van der Waals surface area contributed by atoms with E-state index in [1.807, 2.05) is 6.07 Å². The molecule has 0 spiro atoms. The molecule has 8 heteroatoms. The second kappa shape index (κ2) is 5.88. The molecule has 0 radical (unpaired) electrons. The summed E-state index contributed by atoms with van der Waals surface area (Å²) in [4.78, 5) is 18.1. The lowest BCUT2D eigenvalue weighted by Crippen LogP contribution is -2.30. The average molecular weight is 333 g/mol. The molecule has 0 bridgehead atoms. The topological polar surface area (TPSA) is 96.3 Å². The first kappa shape index (κ1) is 15.3. The molecular weight excluding hydrogens is 318 g/mol. The van der Waals surface area contributed by atoms with E-state index in [0.29, 0.717) is 17.5 Å². The van der Waals surface area contributed by atoms with E-state index in [1.165, 1.54) is 19.5 Å². The van der Waals surface area contributed by atoms with Crippen LogP contribution in [0.3, 0.4) is 0 Å². The van der Waals surface area contributed by atoms with Crippen molar-refractivity contribution < 1.29 is 12.8 Å². The monoisotopic (exact) mass is 333 g/mol. The van der Waals surface area contributed by atoms with Gasteiger partial charge in [-0.15, -0.1) is 0 Å². The number of H-pyrrole nitrogens is 1. The number of aromatic amines is 1. The standard InChI is InChI=1S/C15H15N3O4S/c1-18(13-10-17-15(19)14-12(13)4-7-22-14)23(20,21)8-5-11-3-2-6-16-9-11/h2-4,6-7,9-10H,5,8H2,1H3,(H,17,19). The molecule has 1 N–H and O–H groups in total. The molecule has 0 saturated heterocycles. The summed E-state index contributed by atoms with van der Waals surface area (Å²) in [5.41, 5.74) is 0.936. The number of hydrogen-bond acceptors (Lipinski definition) is 5. The number of aromatic nitrogens is 2. The van der Waals surface area contributed by atoms with Crippen molar-refractivity contribution in [3.8, 4) is 0 Å². The Morgan fingerprint density at radius 1 is 1.35 bits per heavy atom. The molecule has 0 saturated carbocycles. The predicted molar refractivity (Wildman–Crippen MR) is 87.0 cm³/mol. The van der Waals surface area contributed by atoms with Gasteiger partial charge in [-0.2, -0.15) is 0 Å². The van der Waals surface area contributed by atoms with E-state index in [0.717, 1.165) is 9.87 Å². The molecule has 3 rings (SSSR count). The number of fused-ring (bicyclic) bond motifs is 1. The first-order valence-electron chi connectivity index (χ1n) is 6.93. The Morgan fingerprint density at radius 3 is 2.91 bits per heavy atom. The molecule has 0 aromatic carbocycles. The van der Waals surface area contributed by atoms with Crippen molar-refractivity contribution in [1.82, 2.24) is 9.97 Å². The Morgan fingerprint density at radius 2 is 2.17 bits per heavy atom. The van der Waals surface area contributed by atoms with Crippen LogP contribution in [0.1, 0.15) is 5.56 Å². The first-order valence-corrected chi connectivity index (χ1v) is 8.54. The highest BCUT2D eigenvalue weighted by Crippen LogP contribution is 2.25. The van der Waals surface area contributed by atoms with Crippen LogP contribution >= 0.6 is 0 Å². The Kier molecular flexibility index (Phi) is 3.91. The summed E-state index contributed by atoms with van der Waals surface area (Å²) >= 11 is 0. The van der Waals surface area contributed by atoms with Gasteiger partial charge in [0.05, 0.1) is 23.1 Å². The lowest BCUT2D eigenvalue weighted by Gasteiger charge is -2.19. The fraction of sp³-hybridized carbons (Fsp3) is 0.200. The number of rotatable bonds is 5. The molecule has 0 unspecified atom stereocenters. The number of nitrogens with zero attached hydrogens (tertiary/aromatic N) is 2. The summed E-state index contributed by atoms with van der Waals surface area (Å²) in [6.07, 6.45) is 6.38. The van der Waals surface area contributed by atoms with Crippen LogP contribution in [0.5, 0.6) is 0 Å². The van der Waals surface area contributed by atoms with Crippen LogP contribution in [0, 0.1) is 0 Å². The molecule has 0 atom stereocenters. The number of furan rings is 1. The van der Waals surface area contributed by atoms with E-state index >= 15 is 0 Å². The van der Waals surface area contributed by atoms with Gasteiger partial charge in [0.2, 0.25) is 15.6 Å². The SMILES string of the molecule is CN(c1c[nH]c(=O)c2occc12)S(=O)(=O)CCc1cccnc1. The molecule has 0 aliphatic rings. The highest BCUT2D eigenvalue weighted by atomic mass is 32.2. The van der Waals surface area contributed by atoms with Crippen LogP contribution in [-0.4, -0.2) is 31.2 Å². The van der Waals surface area contributed by atoms with Gasteiger partial charge < -0.3 is 9.40 Å². The Bertz CT molecular complexity index is 977. The zero-order valence-electron chi connectivity index (χ0n) is 12.4. The van der Waals surface area contributed by atoms with E-state index in [2.05, 4.69) is 9.97 Å². The fourth-order valence-electron chi connectivity index (χ4n) is 2.30. The zero-order valence-corrected chi connectivity index (χ0v) is 13.2. The molecule has 0 aliphatic heterocycles. The molecule has 120 valence electrons. The Hall–Kier alpha value is -2.61. The molecule has 0 amide bonds. The van der Waals surface area contributed by atoms with Crippen LogP contribution in [0.25, 0.3) is 11.0 Å². The lowest BCUT2D eigenvalue weighted by atomic mass is 10.2. The number of pyridine rings is 2. The molecular formula is C15H15N3O4S. The number of anilines is 1. The third-order valence-electron chi connectivity index (χ3n) is 3.62. The van der Waals surface area contributed by atoms with Crippen LogP contribution in [0.4, 0.5) is 5.69 Å². The van der Waals surface area contributed by atoms with Crippen molar-refractivity contribution in [2.24, 2.45) is 0 Å². The second-order valence-corrected chi connectivity index (χ2v) is 7.18. The number of nitrogens with one attached hydrogen (secondary N) is 1. The van der Waals surface area contributed by atoms with Crippen molar-refractivity contribution in [2.75, 3.05) is 17.1 Å². The summed E-state index contributed by atoms with van der Waals surface area (Å²) in [6, 6.07) is 5.17. The minimum Gasteiger partial charge on any atom is -0.458 e. The summed E-state index contributed by atoms with van der Waals surface area (Å²) < 4.78 is 31.3. The molecule has 0 aliphatic carbocycles. The van der Waals surface area contributed by atoms with Gasteiger partial charge in [0.1, 0.15) is 0 Å². The van der Waals surface area contributed by atoms with Gasteiger partial charge in [-0.1, -0.05) is 6.07 Å². The van der Waals surface area contributed by atoms with E-state index in [4.69, 9.17) is 4.42 Å². The molecule has 7 nitrogen and oxygen atoms in total. The molecule has 3 aromatic heterocycles. The third-order valence-corrected chi connectivity index (χ3v) is 5.37. The maximum Gasteiger partial charge on any atom is 0.291 e. The molecule has 23 heavy (non-hydrogen) atoms. The van der Waals surface area contributed by atoms with Crippen molar-refractivity contribution in [3.63, 3.8) is 0 Å². The van der Waals surface area contributed by atoms with Gasteiger partial charge in [0, 0.05) is 25.6 Å². The summed E-state index contributed by atoms with van der Waals surface area (Å²) in [6.45, 7) is 0. The fourth-order valence-corrected chi connectivity index (χ4v) is 3.52. The van der Waals surface area contributed by atoms with E-state index in [9.17, 15) is 13.2 Å². The van der Waals surface area contributed by atoms with Crippen LogP contribution in [0.2, 0.25) is 0 Å². The average Bonchev–Trinajstić information content (AvgIpc) is 3.04. The second-order valence-electron chi connectivity index (χ2n) is 5.06. The number of sulfonamides is 1. The van der Waals surface area contributed by atoms with Gasteiger partial charge >= 0.3 is 0 Å². The van der Waals surface area contributed by atoms with Gasteiger partial charge in [0.25, 0.3) is 5.56 Å². The maximum atomic E-state index is 12.5. The smallest absolute Gasteiger partial charge is 0.291 e. The van der Waals surface area contributed by atoms with Crippen LogP contribution in [-0.2, 0) is 16.4 Å². The normalized spacial score (nSPS) is 11.7. The Labute approximate surface area is 132 Å². The molecule has 0 fully saturated rings. The van der Waals surface area contributed by atoms with E-state index < -0.39 is 15.6 Å². The van der Waals surface area contributed by atoms with Crippen molar-refractivity contribution in [1.29, 1.82) is 0 Å². The lowest BCUT2D eigenvalue weighted by molar-refractivity contribution is 0.593. The quantitative estimate of drug-likeness (QED) is 0.764. The minimum absolute atomic E-state index is 0.0618. The van der Waals surface area contributed by atoms with Crippen LogP contribution in [0.15, 0.2) is 52.3 Å². The summed E-state index contributed by atoms with van der Waals surface area (Å²) in [5.74, 6) is -0.0618. The summed E-state index contributed by atoms with van der Waals surface area (Å²) in [7, 11) is -2.09. The van der Waals surface area contributed by atoms with E-state index in [-0.39, 0.29) is 11.3 Å². The largest absolute Gasteiger partial charge is 0.458 e. The predicted octanol–water partition coefficient (Wildman–Crippen LogP) is 1.52. The van der Waals surface area contributed by atoms with Crippen molar-refractivity contribution in [3.05, 3.63) is 59.0 Å². The summed E-state index contributed by atoms with van der Waals surface area (Å²) in [5, 5.41) is 0.459. The van der Waals surface area contributed by atoms with Crippen LogP contribution < -0.4 is 9.86 Å². The molecule has 3 aromatic rings. The maximum absolute atomic E-state index is 12.5. The first-order chi connectivity index (χ1) is 11.0. The van der Waals surface area contributed by atoms with Gasteiger partial charge in [0.15, 0.2) is 0 Å². The number of hydrogen-bond donors (Lipinski definition) is 1.